The Balaban J connectivity index is 1.75. The molecule has 1 aromatic carbocycles. The molecule has 0 heterocycles. The van der Waals surface area contributed by atoms with Crippen LogP contribution < -0.4 is 5.32 Å². The van der Waals surface area contributed by atoms with Crippen molar-refractivity contribution in [2.75, 3.05) is 13.7 Å². The minimum Gasteiger partial charge on any atom is -0.465 e. The molecule has 1 fully saturated rings. The van der Waals surface area contributed by atoms with E-state index in [1.54, 1.807) is 30.3 Å². The van der Waals surface area contributed by atoms with E-state index in [1.807, 2.05) is 6.92 Å². The van der Waals surface area contributed by atoms with Gasteiger partial charge in [0.15, 0.2) is 6.61 Å². The molecule has 1 atom stereocenters. The molecule has 0 aliphatic heterocycles. The third-order valence-electron chi connectivity index (χ3n) is 3.81. The van der Waals surface area contributed by atoms with Crippen molar-refractivity contribution in [3.05, 3.63) is 41.5 Å². The third kappa shape index (κ3) is 5.53. The zero-order chi connectivity index (χ0) is 17.5. The molecule has 1 aliphatic carbocycles. The highest BCUT2D eigenvalue weighted by molar-refractivity contribution is 5.91. The Morgan fingerprint density at radius 3 is 2.50 bits per heavy atom. The van der Waals surface area contributed by atoms with Crippen LogP contribution in [0.2, 0.25) is 0 Å². The van der Waals surface area contributed by atoms with Crippen molar-refractivity contribution in [3.8, 4) is 0 Å². The summed E-state index contributed by atoms with van der Waals surface area (Å²) in [6.07, 6.45) is 5.07. The summed E-state index contributed by atoms with van der Waals surface area (Å²) in [5.41, 5.74) is 1.16. The Hall–Kier alpha value is -2.63. The van der Waals surface area contributed by atoms with Crippen LogP contribution in [0.4, 0.5) is 0 Å². The lowest BCUT2D eigenvalue weighted by Crippen LogP contribution is -2.36. The van der Waals surface area contributed by atoms with E-state index in [2.05, 4.69) is 10.1 Å². The van der Waals surface area contributed by atoms with Gasteiger partial charge in [-0.15, -0.1) is 0 Å². The molecule has 1 amide bonds. The van der Waals surface area contributed by atoms with Crippen molar-refractivity contribution >= 4 is 23.9 Å². The SMILES string of the molecule is COC(=O)c1ccc(/C=C/C(=O)OCC(=O)N[C@H](C)C2CC2)cc1. The maximum absolute atomic E-state index is 11.6. The monoisotopic (exact) mass is 331 g/mol. The zero-order valence-electron chi connectivity index (χ0n) is 13.8. The van der Waals surface area contributed by atoms with Crippen LogP contribution in [0.5, 0.6) is 0 Å². The van der Waals surface area contributed by atoms with Crippen LogP contribution in [-0.2, 0) is 19.1 Å². The molecule has 0 unspecified atom stereocenters. The fourth-order valence-corrected chi connectivity index (χ4v) is 2.21. The molecule has 0 bridgehead atoms. The number of amides is 1. The molecule has 1 aliphatic rings. The summed E-state index contributed by atoms with van der Waals surface area (Å²) < 4.78 is 9.50. The van der Waals surface area contributed by atoms with E-state index in [1.165, 1.54) is 13.2 Å². The van der Waals surface area contributed by atoms with Crippen molar-refractivity contribution in [1.29, 1.82) is 0 Å². The van der Waals surface area contributed by atoms with E-state index in [4.69, 9.17) is 4.74 Å². The van der Waals surface area contributed by atoms with Gasteiger partial charge in [0.25, 0.3) is 5.91 Å². The second-order valence-corrected chi connectivity index (χ2v) is 5.75. The normalized spacial score (nSPS) is 14.9. The molecule has 1 N–H and O–H groups in total. The summed E-state index contributed by atoms with van der Waals surface area (Å²) in [5.74, 6) is -0.756. The minimum absolute atomic E-state index is 0.125. The number of carbonyl (C=O) groups is 3. The minimum atomic E-state index is -0.596. The second-order valence-electron chi connectivity index (χ2n) is 5.75. The van der Waals surface area contributed by atoms with Crippen LogP contribution in [0.3, 0.4) is 0 Å². The van der Waals surface area contributed by atoms with E-state index in [9.17, 15) is 14.4 Å². The number of esters is 2. The Morgan fingerprint density at radius 2 is 1.92 bits per heavy atom. The summed E-state index contributed by atoms with van der Waals surface area (Å²) in [4.78, 5) is 34.6. The average molecular weight is 331 g/mol. The van der Waals surface area contributed by atoms with Gasteiger partial charge in [-0.05, 0) is 49.5 Å². The predicted molar refractivity (Wildman–Crippen MR) is 88.1 cm³/mol. The van der Waals surface area contributed by atoms with E-state index < -0.39 is 11.9 Å². The molecule has 6 heteroatoms. The molecule has 0 radical (unpaired) electrons. The van der Waals surface area contributed by atoms with Crippen LogP contribution in [0, 0.1) is 5.92 Å². The number of nitrogens with one attached hydrogen (secondary N) is 1. The lowest BCUT2D eigenvalue weighted by atomic mass is 10.1. The highest BCUT2D eigenvalue weighted by Crippen LogP contribution is 2.32. The molecular formula is C18H21NO5. The van der Waals surface area contributed by atoms with Crippen molar-refractivity contribution in [1.82, 2.24) is 5.32 Å². The number of carbonyl (C=O) groups excluding carboxylic acids is 3. The van der Waals surface area contributed by atoms with E-state index in [0.717, 1.165) is 18.4 Å². The molecule has 0 saturated heterocycles. The first-order valence-electron chi connectivity index (χ1n) is 7.82. The van der Waals surface area contributed by atoms with Gasteiger partial charge in [-0.2, -0.15) is 0 Å². The average Bonchev–Trinajstić information content (AvgIpc) is 3.43. The van der Waals surface area contributed by atoms with Crippen molar-refractivity contribution in [2.24, 2.45) is 5.92 Å². The summed E-state index contributed by atoms with van der Waals surface area (Å²) in [5, 5.41) is 2.81. The second kappa shape index (κ2) is 8.29. The largest absolute Gasteiger partial charge is 0.465 e. The fourth-order valence-electron chi connectivity index (χ4n) is 2.21. The van der Waals surface area contributed by atoms with Gasteiger partial charge >= 0.3 is 11.9 Å². The van der Waals surface area contributed by atoms with Crippen LogP contribution in [0.1, 0.15) is 35.7 Å². The molecule has 1 saturated carbocycles. The molecule has 24 heavy (non-hydrogen) atoms. The fraction of sp³-hybridized carbons (Fsp3) is 0.389. The Morgan fingerprint density at radius 1 is 1.25 bits per heavy atom. The first kappa shape index (κ1) is 17.7. The summed E-state index contributed by atoms with van der Waals surface area (Å²) in [6, 6.07) is 6.69. The van der Waals surface area contributed by atoms with Gasteiger partial charge in [0, 0.05) is 12.1 Å². The zero-order valence-corrected chi connectivity index (χ0v) is 13.8. The third-order valence-corrected chi connectivity index (χ3v) is 3.81. The van der Waals surface area contributed by atoms with Crippen LogP contribution >= 0.6 is 0 Å². The van der Waals surface area contributed by atoms with E-state index >= 15 is 0 Å². The smallest absolute Gasteiger partial charge is 0.337 e. The number of rotatable bonds is 7. The first-order chi connectivity index (χ1) is 11.5. The van der Waals surface area contributed by atoms with Crippen LogP contribution in [-0.4, -0.2) is 37.6 Å². The van der Waals surface area contributed by atoms with Gasteiger partial charge in [0.2, 0.25) is 0 Å². The maximum Gasteiger partial charge on any atom is 0.337 e. The Bertz CT molecular complexity index is 631. The van der Waals surface area contributed by atoms with Crippen molar-refractivity contribution in [2.45, 2.75) is 25.8 Å². The molecule has 0 aromatic heterocycles. The quantitative estimate of drug-likeness (QED) is 0.610. The summed E-state index contributed by atoms with van der Waals surface area (Å²) in [6.45, 7) is 1.66. The van der Waals surface area contributed by atoms with E-state index in [0.29, 0.717) is 11.5 Å². The standard InChI is InChI=1S/C18H21NO5/c1-12(14-8-9-14)19-16(20)11-24-17(21)10-5-13-3-6-15(7-4-13)18(22)23-2/h3-7,10,12,14H,8-9,11H2,1-2H3,(H,19,20)/b10-5+/t12-/m1/s1. The molecule has 128 valence electrons. The van der Waals surface area contributed by atoms with Crippen LogP contribution in [0.25, 0.3) is 6.08 Å². The van der Waals surface area contributed by atoms with Crippen LogP contribution in [0.15, 0.2) is 30.3 Å². The lowest BCUT2D eigenvalue weighted by molar-refractivity contribution is -0.144. The van der Waals surface area contributed by atoms with Gasteiger partial charge in [-0.25, -0.2) is 9.59 Å². The summed E-state index contributed by atoms with van der Waals surface area (Å²) in [7, 11) is 1.31. The van der Waals surface area contributed by atoms with Gasteiger partial charge in [0.05, 0.1) is 12.7 Å². The molecule has 6 nitrogen and oxygen atoms in total. The lowest BCUT2D eigenvalue weighted by Gasteiger charge is -2.12. The predicted octanol–water partition coefficient (Wildman–Crippen LogP) is 1.94. The van der Waals surface area contributed by atoms with Gasteiger partial charge < -0.3 is 14.8 Å². The van der Waals surface area contributed by atoms with Crippen molar-refractivity contribution < 1.29 is 23.9 Å². The van der Waals surface area contributed by atoms with Gasteiger partial charge in [0.1, 0.15) is 0 Å². The molecule has 0 spiro atoms. The van der Waals surface area contributed by atoms with E-state index in [-0.39, 0.29) is 18.6 Å². The number of ether oxygens (including phenoxy) is 2. The number of hydrogen-bond acceptors (Lipinski definition) is 5. The highest BCUT2D eigenvalue weighted by Gasteiger charge is 2.28. The van der Waals surface area contributed by atoms with Gasteiger partial charge in [-0.1, -0.05) is 12.1 Å². The molecular weight excluding hydrogens is 310 g/mol. The first-order valence-corrected chi connectivity index (χ1v) is 7.82. The maximum atomic E-state index is 11.6. The Kier molecular flexibility index (Phi) is 6.12. The molecule has 1 aromatic rings. The van der Waals surface area contributed by atoms with Gasteiger partial charge in [-0.3, -0.25) is 4.79 Å². The topological polar surface area (TPSA) is 81.7 Å². The number of methoxy groups -OCH3 is 1. The number of hydrogen-bond donors (Lipinski definition) is 1. The number of benzene rings is 1. The van der Waals surface area contributed by atoms with Crippen molar-refractivity contribution in [3.63, 3.8) is 0 Å². The Labute approximate surface area is 140 Å². The summed E-state index contributed by atoms with van der Waals surface area (Å²) >= 11 is 0. The highest BCUT2D eigenvalue weighted by atomic mass is 16.5. The molecule has 2 rings (SSSR count).